The van der Waals surface area contributed by atoms with Gasteiger partial charge in [-0.3, -0.25) is 14.9 Å². The number of hydrogen-bond donors (Lipinski definition) is 1. The molecule has 144 valence electrons. The molecule has 0 spiro atoms. The van der Waals surface area contributed by atoms with E-state index in [1.54, 1.807) is 7.05 Å². The van der Waals surface area contributed by atoms with Gasteiger partial charge in [0.15, 0.2) is 16.6 Å². The van der Waals surface area contributed by atoms with E-state index in [4.69, 9.17) is 9.47 Å². The van der Waals surface area contributed by atoms with Crippen molar-refractivity contribution < 1.29 is 19.1 Å². The van der Waals surface area contributed by atoms with E-state index in [2.05, 4.69) is 10.3 Å². The molecule has 0 fully saturated rings. The van der Waals surface area contributed by atoms with Crippen LogP contribution < -0.4 is 15.5 Å². The van der Waals surface area contributed by atoms with Crippen LogP contribution in [0.2, 0.25) is 0 Å². The summed E-state index contributed by atoms with van der Waals surface area (Å²) in [6.07, 6.45) is 1.42. The Hall–Kier alpha value is -3.46. The molecule has 0 atom stereocenters. The molecule has 0 aliphatic heterocycles. The molecule has 9 heteroatoms. The van der Waals surface area contributed by atoms with Crippen LogP contribution in [0.3, 0.4) is 0 Å². The molecule has 1 N–H and O–H groups in total. The van der Waals surface area contributed by atoms with Crippen molar-refractivity contribution in [2.75, 3.05) is 19.5 Å². The highest BCUT2D eigenvalue weighted by molar-refractivity contribution is 7.19. The summed E-state index contributed by atoms with van der Waals surface area (Å²) in [5.41, 5.74) is 0.599. The van der Waals surface area contributed by atoms with Crippen LogP contribution in [0.5, 0.6) is 5.75 Å². The van der Waals surface area contributed by atoms with E-state index >= 15 is 0 Å². The summed E-state index contributed by atoms with van der Waals surface area (Å²) < 4.78 is 11.2. The minimum atomic E-state index is -0.604. The van der Waals surface area contributed by atoms with Gasteiger partial charge in [-0.05, 0) is 5.56 Å². The maximum Gasteiger partial charge on any atom is 0.358 e. The largest absolute Gasteiger partial charge is 0.491 e. The predicted octanol–water partition coefficient (Wildman–Crippen LogP) is 2.56. The Labute approximate surface area is 164 Å². The molecule has 0 saturated carbocycles. The third-order valence-electron chi connectivity index (χ3n) is 3.92. The number of anilines is 1. The zero-order valence-corrected chi connectivity index (χ0v) is 16.2. The van der Waals surface area contributed by atoms with Gasteiger partial charge in [0.2, 0.25) is 5.43 Å². The Kier molecular flexibility index (Phi) is 5.55. The van der Waals surface area contributed by atoms with E-state index in [-0.39, 0.29) is 22.3 Å². The molecule has 3 rings (SSSR count). The van der Waals surface area contributed by atoms with E-state index in [9.17, 15) is 14.4 Å². The van der Waals surface area contributed by atoms with Gasteiger partial charge in [0.1, 0.15) is 5.69 Å². The standard InChI is InChI=1S/C19H17N3O5S/c1-22-10-14(26-2)13(23)9-12(22)17(24)21-19-20-15(18(25)27-3)16(28-19)11-7-5-4-6-8-11/h4-10H,1-3H3,(H,20,21,24). The summed E-state index contributed by atoms with van der Waals surface area (Å²) in [5.74, 6) is -1.01. The first-order chi connectivity index (χ1) is 13.4. The quantitative estimate of drug-likeness (QED) is 0.662. The van der Waals surface area contributed by atoms with Gasteiger partial charge in [-0.2, -0.15) is 0 Å². The molecular weight excluding hydrogens is 382 g/mol. The first kappa shape index (κ1) is 19.3. The summed E-state index contributed by atoms with van der Waals surface area (Å²) >= 11 is 1.14. The van der Waals surface area contributed by atoms with Crippen molar-refractivity contribution in [3.8, 4) is 16.2 Å². The van der Waals surface area contributed by atoms with Crippen molar-refractivity contribution in [1.29, 1.82) is 0 Å². The molecule has 3 aromatic rings. The number of methoxy groups -OCH3 is 2. The van der Waals surface area contributed by atoms with Crippen LogP contribution in [0.25, 0.3) is 10.4 Å². The summed E-state index contributed by atoms with van der Waals surface area (Å²) in [5, 5.41) is 2.85. The molecule has 0 radical (unpaired) electrons. The van der Waals surface area contributed by atoms with Crippen molar-refractivity contribution in [1.82, 2.24) is 9.55 Å². The normalized spacial score (nSPS) is 10.4. The number of aryl methyl sites for hydroxylation is 1. The Morgan fingerprint density at radius 3 is 2.54 bits per heavy atom. The highest BCUT2D eigenvalue weighted by atomic mass is 32.1. The van der Waals surface area contributed by atoms with E-state index in [1.807, 2.05) is 30.3 Å². The van der Waals surface area contributed by atoms with Gasteiger partial charge >= 0.3 is 5.97 Å². The molecule has 2 aromatic heterocycles. The van der Waals surface area contributed by atoms with Crippen LogP contribution >= 0.6 is 11.3 Å². The summed E-state index contributed by atoms with van der Waals surface area (Å²) in [4.78, 5) is 41.5. The van der Waals surface area contributed by atoms with Crippen LogP contribution in [0, 0.1) is 0 Å². The van der Waals surface area contributed by atoms with Crippen molar-refractivity contribution in [3.63, 3.8) is 0 Å². The molecule has 0 saturated heterocycles. The number of amides is 1. The third kappa shape index (κ3) is 3.79. The van der Waals surface area contributed by atoms with E-state index in [1.165, 1.54) is 31.0 Å². The second-order valence-corrected chi connectivity index (χ2v) is 6.71. The van der Waals surface area contributed by atoms with Gasteiger partial charge in [0, 0.05) is 13.1 Å². The Morgan fingerprint density at radius 2 is 1.89 bits per heavy atom. The average Bonchev–Trinajstić information content (AvgIpc) is 3.13. The maximum absolute atomic E-state index is 12.6. The number of thiazole rings is 1. The fourth-order valence-electron chi connectivity index (χ4n) is 2.54. The first-order valence-electron chi connectivity index (χ1n) is 8.15. The molecule has 2 heterocycles. The number of carbonyl (C=O) groups excluding carboxylic acids is 2. The third-order valence-corrected chi connectivity index (χ3v) is 4.94. The number of ether oxygens (including phenoxy) is 2. The predicted molar refractivity (Wildman–Crippen MR) is 105 cm³/mol. The van der Waals surface area contributed by atoms with Gasteiger partial charge in [-0.1, -0.05) is 41.7 Å². The van der Waals surface area contributed by atoms with Crippen molar-refractivity contribution in [2.45, 2.75) is 0 Å². The summed E-state index contributed by atoms with van der Waals surface area (Å²) in [7, 11) is 4.27. The van der Waals surface area contributed by atoms with Crippen LogP contribution in [0.4, 0.5) is 5.13 Å². The lowest BCUT2D eigenvalue weighted by molar-refractivity contribution is 0.0595. The number of hydrogen-bond acceptors (Lipinski definition) is 7. The van der Waals surface area contributed by atoms with Crippen LogP contribution in [0.1, 0.15) is 21.0 Å². The molecule has 0 aliphatic rings. The zero-order chi connectivity index (χ0) is 20.3. The Bertz CT molecular complexity index is 1090. The molecule has 0 aliphatic carbocycles. The van der Waals surface area contributed by atoms with Crippen molar-refractivity contribution >= 4 is 28.3 Å². The second kappa shape index (κ2) is 8.05. The average molecular weight is 399 g/mol. The summed E-state index contributed by atoms with van der Waals surface area (Å²) in [6.45, 7) is 0. The minimum absolute atomic E-state index is 0.109. The number of nitrogens with zero attached hydrogens (tertiary/aromatic N) is 2. The van der Waals surface area contributed by atoms with Crippen LogP contribution in [-0.4, -0.2) is 35.6 Å². The lowest BCUT2D eigenvalue weighted by Gasteiger charge is -2.09. The fraction of sp³-hybridized carbons (Fsp3) is 0.158. The van der Waals surface area contributed by atoms with Gasteiger partial charge in [0.05, 0.1) is 25.3 Å². The molecule has 8 nitrogen and oxygen atoms in total. The van der Waals surface area contributed by atoms with Crippen LogP contribution in [-0.2, 0) is 11.8 Å². The lowest BCUT2D eigenvalue weighted by atomic mass is 10.1. The molecular formula is C19H17N3O5S. The van der Waals surface area contributed by atoms with Crippen molar-refractivity contribution in [2.24, 2.45) is 7.05 Å². The molecule has 0 unspecified atom stereocenters. The first-order valence-corrected chi connectivity index (χ1v) is 8.96. The maximum atomic E-state index is 12.6. The van der Waals surface area contributed by atoms with E-state index < -0.39 is 17.3 Å². The molecule has 0 bridgehead atoms. The summed E-state index contributed by atoms with van der Waals surface area (Å²) in [6, 6.07) is 10.4. The number of nitrogens with one attached hydrogen (secondary N) is 1. The van der Waals surface area contributed by atoms with Gasteiger partial charge in [-0.15, -0.1) is 0 Å². The monoisotopic (exact) mass is 399 g/mol. The fourth-order valence-corrected chi connectivity index (χ4v) is 3.49. The number of rotatable bonds is 5. The number of aromatic nitrogens is 2. The molecule has 28 heavy (non-hydrogen) atoms. The van der Waals surface area contributed by atoms with Crippen molar-refractivity contribution in [3.05, 3.63) is 64.2 Å². The van der Waals surface area contributed by atoms with Gasteiger partial charge in [-0.25, -0.2) is 9.78 Å². The van der Waals surface area contributed by atoms with Gasteiger partial charge < -0.3 is 14.0 Å². The number of carbonyl (C=O) groups is 2. The topological polar surface area (TPSA) is 99.5 Å². The Morgan fingerprint density at radius 1 is 1.18 bits per heavy atom. The smallest absolute Gasteiger partial charge is 0.358 e. The highest BCUT2D eigenvalue weighted by Gasteiger charge is 2.22. The molecule has 1 aromatic carbocycles. The molecule has 1 amide bonds. The SMILES string of the molecule is COC(=O)c1nc(NC(=O)c2cc(=O)c(OC)cn2C)sc1-c1ccccc1. The number of benzene rings is 1. The lowest BCUT2D eigenvalue weighted by Crippen LogP contribution is -2.21. The second-order valence-electron chi connectivity index (χ2n) is 5.71. The highest BCUT2D eigenvalue weighted by Crippen LogP contribution is 2.33. The Balaban J connectivity index is 1.96. The van der Waals surface area contributed by atoms with Gasteiger partial charge in [0.25, 0.3) is 5.91 Å². The zero-order valence-electron chi connectivity index (χ0n) is 15.4. The minimum Gasteiger partial charge on any atom is -0.491 e. The number of esters is 1. The van der Waals surface area contributed by atoms with E-state index in [0.717, 1.165) is 16.9 Å². The van der Waals surface area contributed by atoms with Crippen LogP contribution in [0.15, 0.2) is 47.4 Å². The van der Waals surface area contributed by atoms with E-state index in [0.29, 0.717) is 4.88 Å². The number of pyridine rings is 1.